The second-order valence-electron chi connectivity index (χ2n) is 5.17. The molecule has 0 spiro atoms. The Morgan fingerprint density at radius 3 is 2.90 bits per heavy atom. The molecule has 0 saturated heterocycles. The van der Waals surface area contributed by atoms with E-state index >= 15 is 0 Å². The Hall–Kier alpha value is -2.36. The minimum absolute atomic E-state index is 0.114. The molecule has 4 nitrogen and oxygen atoms in total. The molecular formula is C16H17N3O. The summed E-state index contributed by atoms with van der Waals surface area (Å²) in [7, 11) is 0. The van der Waals surface area contributed by atoms with Crippen molar-refractivity contribution < 1.29 is 4.79 Å². The lowest BCUT2D eigenvalue weighted by molar-refractivity contribution is 0.102. The van der Waals surface area contributed by atoms with E-state index < -0.39 is 0 Å². The number of hydrogen-bond acceptors (Lipinski definition) is 3. The van der Waals surface area contributed by atoms with Crippen LogP contribution in [-0.4, -0.2) is 17.4 Å². The van der Waals surface area contributed by atoms with Crippen LogP contribution in [0.4, 0.5) is 11.5 Å². The lowest BCUT2D eigenvalue weighted by Gasteiger charge is -2.08. The molecule has 0 radical (unpaired) electrons. The van der Waals surface area contributed by atoms with Crippen LogP contribution in [-0.2, 0) is 6.42 Å². The largest absolute Gasteiger partial charge is 0.384 e. The summed E-state index contributed by atoms with van der Waals surface area (Å²) < 4.78 is 0. The molecule has 2 N–H and O–H groups in total. The monoisotopic (exact) mass is 267 g/mol. The maximum absolute atomic E-state index is 12.3. The third-order valence-electron chi connectivity index (χ3n) is 3.42. The molecule has 20 heavy (non-hydrogen) atoms. The Morgan fingerprint density at radius 1 is 1.25 bits per heavy atom. The molecule has 0 unspecified atom stereocenters. The van der Waals surface area contributed by atoms with Crippen molar-refractivity contribution in [3.05, 3.63) is 52.7 Å². The lowest BCUT2D eigenvalue weighted by atomic mass is 10.1. The molecule has 0 bridgehead atoms. The summed E-state index contributed by atoms with van der Waals surface area (Å²) in [5.74, 6) is 0.489. The van der Waals surface area contributed by atoms with Crippen molar-refractivity contribution in [3.63, 3.8) is 0 Å². The molecule has 2 aromatic rings. The zero-order chi connectivity index (χ0) is 14.1. The topological polar surface area (TPSA) is 54.0 Å². The summed E-state index contributed by atoms with van der Waals surface area (Å²) in [6, 6.07) is 9.62. The Bertz CT molecular complexity index is 659. The van der Waals surface area contributed by atoms with Crippen LogP contribution in [0.25, 0.3) is 0 Å². The number of aryl methyl sites for hydroxylation is 2. The minimum Gasteiger partial charge on any atom is -0.384 e. The van der Waals surface area contributed by atoms with Gasteiger partial charge in [-0.1, -0.05) is 0 Å². The van der Waals surface area contributed by atoms with E-state index in [-0.39, 0.29) is 5.91 Å². The molecule has 2 heterocycles. The van der Waals surface area contributed by atoms with E-state index in [1.807, 2.05) is 44.2 Å². The summed E-state index contributed by atoms with van der Waals surface area (Å²) in [5, 5.41) is 6.15. The van der Waals surface area contributed by atoms with E-state index in [1.54, 1.807) is 0 Å². The third-order valence-corrected chi connectivity index (χ3v) is 3.42. The number of rotatable bonds is 2. The first kappa shape index (κ1) is 12.7. The Morgan fingerprint density at radius 2 is 2.10 bits per heavy atom. The fraction of sp³-hybridized carbons (Fsp3) is 0.250. The van der Waals surface area contributed by atoms with Crippen molar-refractivity contribution in [1.29, 1.82) is 0 Å². The van der Waals surface area contributed by atoms with Gasteiger partial charge in [-0.25, -0.2) is 4.98 Å². The van der Waals surface area contributed by atoms with Gasteiger partial charge < -0.3 is 10.6 Å². The first-order valence-corrected chi connectivity index (χ1v) is 6.75. The van der Waals surface area contributed by atoms with Crippen molar-refractivity contribution in [1.82, 2.24) is 4.98 Å². The SMILES string of the molecule is Cc1cc(C)nc(NC(=O)c2ccc3c(c2)CCN3)c1. The highest BCUT2D eigenvalue weighted by atomic mass is 16.1. The van der Waals surface area contributed by atoms with Crippen LogP contribution in [0.2, 0.25) is 0 Å². The number of fused-ring (bicyclic) bond motifs is 1. The third kappa shape index (κ3) is 2.50. The number of aromatic nitrogens is 1. The van der Waals surface area contributed by atoms with Crippen molar-refractivity contribution >= 4 is 17.4 Å². The zero-order valence-corrected chi connectivity index (χ0v) is 11.7. The predicted molar refractivity (Wildman–Crippen MR) is 80.3 cm³/mol. The number of nitrogens with one attached hydrogen (secondary N) is 2. The summed E-state index contributed by atoms with van der Waals surface area (Å²) >= 11 is 0. The van der Waals surface area contributed by atoms with E-state index in [0.29, 0.717) is 11.4 Å². The first-order valence-electron chi connectivity index (χ1n) is 6.75. The van der Waals surface area contributed by atoms with Gasteiger partial charge in [-0.2, -0.15) is 0 Å². The number of amides is 1. The normalized spacial score (nSPS) is 12.7. The molecule has 1 amide bonds. The number of carbonyl (C=O) groups excluding carboxylic acids is 1. The van der Waals surface area contributed by atoms with Crippen LogP contribution in [0.15, 0.2) is 30.3 Å². The fourth-order valence-electron chi connectivity index (χ4n) is 2.54. The molecule has 4 heteroatoms. The van der Waals surface area contributed by atoms with Gasteiger partial charge in [-0.05, 0) is 61.7 Å². The van der Waals surface area contributed by atoms with Crippen molar-refractivity contribution in [2.45, 2.75) is 20.3 Å². The molecular weight excluding hydrogens is 250 g/mol. The quantitative estimate of drug-likeness (QED) is 0.879. The lowest BCUT2D eigenvalue weighted by Crippen LogP contribution is -2.13. The van der Waals surface area contributed by atoms with Crippen molar-refractivity contribution in [2.24, 2.45) is 0 Å². The highest BCUT2D eigenvalue weighted by Crippen LogP contribution is 2.23. The molecule has 1 aliphatic rings. The number of hydrogen-bond donors (Lipinski definition) is 2. The van der Waals surface area contributed by atoms with Gasteiger partial charge in [0.1, 0.15) is 5.82 Å². The Kier molecular flexibility index (Phi) is 3.14. The molecule has 1 aromatic carbocycles. The molecule has 1 aromatic heterocycles. The Labute approximate surface area is 118 Å². The summed E-state index contributed by atoms with van der Waals surface area (Å²) in [6.45, 7) is 4.86. The molecule has 0 fully saturated rings. The molecule has 0 atom stereocenters. The number of benzene rings is 1. The van der Waals surface area contributed by atoms with E-state index in [2.05, 4.69) is 15.6 Å². The van der Waals surface area contributed by atoms with Crippen LogP contribution in [0.1, 0.15) is 27.2 Å². The van der Waals surface area contributed by atoms with E-state index in [9.17, 15) is 4.79 Å². The minimum atomic E-state index is -0.114. The van der Waals surface area contributed by atoms with Gasteiger partial charge in [0.15, 0.2) is 0 Å². The maximum Gasteiger partial charge on any atom is 0.256 e. The second kappa shape index (κ2) is 4.96. The van der Waals surface area contributed by atoms with Gasteiger partial charge in [0.2, 0.25) is 0 Å². The van der Waals surface area contributed by atoms with Gasteiger partial charge in [0.05, 0.1) is 0 Å². The summed E-state index contributed by atoms with van der Waals surface area (Å²) in [5.41, 5.74) is 5.00. The van der Waals surface area contributed by atoms with E-state index in [0.717, 1.165) is 29.9 Å². The number of nitrogens with zero attached hydrogens (tertiary/aromatic N) is 1. The Balaban J connectivity index is 1.82. The summed E-state index contributed by atoms with van der Waals surface area (Å²) in [6.07, 6.45) is 0.970. The van der Waals surface area contributed by atoms with Crippen molar-refractivity contribution in [2.75, 3.05) is 17.2 Å². The standard InChI is InChI=1S/C16H17N3O/c1-10-7-11(2)18-15(8-10)19-16(20)13-3-4-14-12(9-13)5-6-17-14/h3-4,7-9,17H,5-6H2,1-2H3,(H,18,19,20). The smallest absolute Gasteiger partial charge is 0.256 e. The first-order chi connectivity index (χ1) is 9.61. The molecule has 0 aliphatic carbocycles. The molecule has 0 saturated carbocycles. The van der Waals surface area contributed by atoms with Crippen LogP contribution < -0.4 is 10.6 Å². The van der Waals surface area contributed by atoms with Gasteiger partial charge in [-0.15, -0.1) is 0 Å². The number of carbonyl (C=O) groups is 1. The second-order valence-corrected chi connectivity index (χ2v) is 5.17. The average Bonchev–Trinajstić information content (AvgIpc) is 2.84. The average molecular weight is 267 g/mol. The van der Waals surface area contributed by atoms with Crippen LogP contribution >= 0.6 is 0 Å². The van der Waals surface area contributed by atoms with E-state index in [1.165, 1.54) is 5.56 Å². The van der Waals surface area contributed by atoms with Gasteiger partial charge in [0.25, 0.3) is 5.91 Å². The summed E-state index contributed by atoms with van der Waals surface area (Å²) in [4.78, 5) is 16.6. The van der Waals surface area contributed by atoms with Crippen LogP contribution in [0, 0.1) is 13.8 Å². The van der Waals surface area contributed by atoms with Crippen LogP contribution in [0.5, 0.6) is 0 Å². The van der Waals surface area contributed by atoms with E-state index in [4.69, 9.17) is 0 Å². The maximum atomic E-state index is 12.3. The molecule has 3 rings (SSSR count). The number of pyridine rings is 1. The molecule has 1 aliphatic heterocycles. The highest BCUT2D eigenvalue weighted by Gasteiger charge is 2.14. The highest BCUT2D eigenvalue weighted by molar-refractivity contribution is 6.04. The van der Waals surface area contributed by atoms with Gasteiger partial charge in [0, 0.05) is 23.5 Å². The van der Waals surface area contributed by atoms with Crippen LogP contribution in [0.3, 0.4) is 0 Å². The van der Waals surface area contributed by atoms with Crippen molar-refractivity contribution in [3.8, 4) is 0 Å². The number of anilines is 2. The van der Waals surface area contributed by atoms with Gasteiger partial charge >= 0.3 is 0 Å². The fourth-order valence-corrected chi connectivity index (χ4v) is 2.54. The van der Waals surface area contributed by atoms with Gasteiger partial charge in [-0.3, -0.25) is 4.79 Å². The zero-order valence-electron chi connectivity index (χ0n) is 11.7. The molecule has 102 valence electrons. The predicted octanol–water partition coefficient (Wildman–Crippen LogP) is 2.92.